The lowest BCUT2D eigenvalue weighted by Crippen LogP contribution is -2.39. The molecule has 8 heteroatoms. The number of nitrogens with zero attached hydrogens (tertiary/aromatic N) is 1. The standard InChI is InChI=1S/C27H31N3O4S/c1-19(2)17-28-27(32)23-10-6-7-11-24(23)29-26(31)18-30(25-12-8-5-9-21(25)4)35(33,34)22-15-13-20(3)14-16-22/h5-16,19H,17-18H2,1-4H3,(H,28,32)(H,29,31). The van der Waals surface area contributed by atoms with Crippen LogP contribution in [0, 0.1) is 19.8 Å². The Morgan fingerprint density at radius 3 is 2.17 bits per heavy atom. The van der Waals surface area contributed by atoms with Crippen molar-refractivity contribution in [2.24, 2.45) is 5.92 Å². The van der Waals surface area contributed by atoms with Gasteiger partial charge in [-0.1, -0.05) is 61.9 Å². The van der Waals surface area contributed by atoms with Crippen molar-refractivity contribution in [1.29, 1.82) is 0 Å². The van der Waals surface area contributed by atoms with E-state index in [1.807, 2.05) is 26.8 Å². The topological polar surface area (TPSA) is 95.6 Å². The van der Waals surface area contributed by atoms with Crippen LogP contribution in [0.1, 0.15) is 35.3 Å². The number of para-hydroxylation sites is 2. The molecule has 0 aliphatic rings. The number of hydrogen-bond acceptors (Lipinski definition) is 4. The van der Waals surface area contributed by atoms with Crippen LogP contribution in [0.25, 0.3) is 0 Å². The third-order valence-electron chi connectivity index (χ3n) is 5.40. The summed E-state index contributed by atoms with van der Waals surface area (Å²) < 4.78 is 28.3. The molecular formula is C27H31N3O4S. The lowest BCUT2D eigenvalue weighted by atomic mass is 10.1. The number of carbonyl (C=O) groups excluding carboxylic acids is 2. The van der Waals surface area contributed by atoms with Gasteiger partial charge in [0.25, 0.3) is 15.9 Å². The monoisotopic (exact) mass is 493 g/mol. The maximum absolute atomic E-state index is 13.6. The average Bonchev–Trinajstić information content (AvgIpc) is 2.82. The quantitative estimate of drug-likeness (QED) is 0.458. The molecule has 0 spiro atoms. The fourth-order valence-corrected chi connectivity index (χ4v) is 4.97. The fraction of sp³-hybridized carbons (Fsp3) is 0.259. The minimum atomic E-state index is -4.03. The molecule has 0 saturated carbocycles. The maximum Gasteiger partial charge on any atom is 0.264 e. The second-order valence-corrected chi connectivity index (χ2v) is 10.7. The Balaban J connectivity index is 1.91. The number of carbonyl (C=O) groups is 2. The molecule has 0 aliphatic heterocycles. The molecule has 0 bridgehead atoms. The molecular weight excluding hydrogens is 462 g/mol. The van der Waals surface area contributed by atoms with Gasteiger partial charge in [0.2, 0.25) is 5.91 Å². The first kappa shape index (κ1) is 26.0. The van der Waals surface area contributed by atoms with Crippen LogP contribution in [0.4, 0.5) is 11.4 Å². The summed E-state index contributed by atoms with van der Waals surface area (Å²) in [6.45, 7) is 7.68. The van der Waals surface area contributed by atoms with Gasteiger partial charge in [0, 0.05) is 6.54 Å². The number of nitrogens with one attached hydrogen (secondary N) is 2. The smallest absolute Gasteiger partial charge is 0.264 e. The molecule has 184 valence electrons. The normalized spacial score (nSPS) is 11.2. The minimum Gasteiger partial charge on any atom is -0.352 e. The van der Waals surface area contributed by atoms with E-state index in [-0.39, 0.29) is 16.7 Å². The Bertz CT molecular complexity index is 1300. The van der Waals surface area contributed by atoms with Gasteiger partial charge in [0.05, 0.1) is 21.8 Å². The molecule has 0 aliphatic carbocycles. The molecule has 0 fully saturated rings. The molecule has 3 aromatic rings. The first-order valence-corrected chi connectivity index (χ1v) is 12.9. The number of anilines is 2. The predicted molar refractivity (Wildman–Crippen MR) is 139 cm³/mol. The van der Waals surface area contributed by atoms with Crippen LogP contribution < -0.4 is 14.9 Å². The van der Waals surface area contributed by atoms with Crippen LogP contribution in [0.2, 0.25) is 0 Å². The van der Waals surface area contributed by atoms with Gasteiger partial charge >= 0.3 is 0 Å². The van der Waals surface area contributed by atoms with E-state index in [0.717, 1.165) is 9.87 Å². The molecule has 7 nitrogen and oxygen atoms in total. The molecule has 3 aromatic carbocycles. The largest absolute Gasteiger partial charge is 0.352 e. The number of amides is 2. The van der Waals surface area contributed by atoms with Crippen molar-refractivity contribution < 1.29 is 18.0 Å². The SMILES string of the molecule is Cc1ccc(S(=O)(=O)N(CC(=O)Nc2ccccc2C(=O)NCC(C)C)c2ccccc2C)cc1. The highest BCUT2D eigenvalue weighted by atomic mass is 32.2. The summed E-state index contributed by atoms with van der Waals surface area (Å²) in [7, 11) is -4.03. The Labute approximate surface area is 207 Å². The minimum absolute atomic E-state index is 0.0904. The highest BCUT2D eigenvalue weighted by molar-refractivity contribution is 7.92. The van der Waals surface area contributed by atoms with E-state index in [2.05, 4.69) is 10.6 Å². The number of aryl methyl sites for hydroxylation is 2. The van der Waals surface area contributed by atoms with Crippen LogP contribution in [0.3, 0.4) is 0 Å². The number of sulfonamides is 1. The Hall–Kier alpha value is -3.65. The Morgan fingerprint density at radius 1 is 0.886 bits per heavy atom. The van der Waals surface area contributed by atoms with E-state index >= 15 is 0 Å². The molecule has 0 heterocycles. The highest BCUT2D eigenvalue weighted by Gasteiger charge is 2.28. The zero-order valence-corrected chi connectivity index (χ0v) is 21.2. The van der Waals surface area contributed by atoms with Crippen LogP contribution in [-0.4, -0.2) is 33.3 Å². The van der Waals surface area contributed by atoms with Gasteiger partial charge in [0.15, 0.2) is 0 Å². The zero-order chi connectivity index (χ0) is 25.6. The van der Waals surface area contributed by atoms with Crippen LogP contribution in [0.5, 0.6) is 0 Å². The van der Waals surface area contributed by atoms with Crippen molar-refractivity contribution in [3.63, 3.8) is 0 Å². The molecule has 2 N–H and O–H groups in total. The van der Waals surface area contributed by atoms with Crippen molar-refractivity contribution in [1.82, 2.24) is 5.32 Å². The third kappa shape index (κ3) is 6.48. The van der Waals surface area contributed by atoms with Gasteiger partial charge in [-0.2, -0.15) is 0 Å². The van der Waals surface area contributed by atoms with E-state index in [9.17, 15) is 18.0 Å². The molecule has 35 heavy (non-hydrogen) atoms. The summed E-state index contributed by atoms with van der Waals surface area (Å²) in [5.41, 5.74) is 2.67. The highest BCUT2D eigenvalue weighted by Crippen LogP contribution is 2.27. The summed E-state index contributed by atoms with van der Waals surface area (Å²) in [6, 6.07) is 20.1. The van der Waals surface area contributed by atoms with Crippen molar-refractivity contribution in [2.45, 2.75) is 32.6 Å². The van der Waals surface area contributed by atoms with Gasteiger partial charge in [-0.3, -0.25) is 13.9 Å². The summed E-state index contributed by atoms with van der Waals surface area (Å²) in [5, 5.41) is 5.57. The lowest BCUT2D eigenvalue weighted by molar-refractivity contribution is -0.114. The summed E-state index contributed by atoms with van der Waals surface area (Å²) >= 11 is 0. The van der Waals surface area contributed by atoms with Crippen molar-refractivity contribution in [3.05, 3.63) is 89.5 Å². The van der Waals surface area contributed by atoms with E-state index in [1.54, 1.807) is 61.5 Å². The average molecular weight is 494 g/mol. The Kier molecular flexibility index (Phi) is 8.30. The molecule has 0 aromatic heterocycles. The first-order valence-electron chi connectivity index (χ1n) is 11.4. The summed E-state index contributed by atoms with van der Waals surface area (Å²) in [4.78, 5) is 25.9. The van der Waals surface area contributed by atoms with Gasteiger partial charge in [-0.05, 0) is 55.7 Å². The summed E-state index contributed by atoms with van der Waals surface area (Å²) in [5.74, 6) is -0.596. The van der Waals surface area contributed by atoms with E-state index in [1.165, 1.54) is 12.1 Å². The third-order valence-corrected chi connectivity index (χ3v) is 7.17. The second-order valence-electron chi connectivity index (χ2n) is 8.81. The Morgan fingerprint density at radius 2 is 1.51 bits per heavy atom. The van der Waals surface area contributed by atoms with Crippen LogP contribution in [-0.2, 0) is 14.8 Å². The second kappa shape index (κ2) is 11.2. The maximum atomic E-state index is 13.6. The molecule has 0 radical (unpaired) electrons. The molecule has 3 rings (SSSR count). The van der Waals surface area contributed by atoms with Crippen LogP contribution in [0.15, 0.2) is 77.7 Å². The van der Waals surface area contributed by atoms with Gasteiger partial charge in [0.1, 0.15) is 6.54 Å². The summed E-state index contributed by atoms with van der Waals surface area (Å²) in [6.07, 6.45) is 0. The number of hydrogen-bond donors (Lipinski definition) is 2. The fourth-order valence-electron chi connectivity index (χ4n) is 3.48. The van der Waals surface area contributed by atoms with Gasteiger partial charge < -0.3 is 10.6 Å². The predicted octanol–water partition coefficient (Wildman–Crippen LogP) is 4.52. The van der Waals surface area contributed by atoms with Crippen molar-refractivity contribution in [3.8, 4) is 0 Å². The number of rotatable bonds is 9. The van der Waals surface area contributed by atoms with E-state index in [4.69, 9.17) is 0 Å². The van der Waals surface area contributed by atoms with E-state index < -0.39 is 22.5 Å². The van der Waals surface area contributed by atoms with Crippen molar-refractivity contribution >= 4 is 33.2 Å². The number of benzene rings is 3. The molecule has 0 unspecified atom stereocenters. The van der Waals surface area contributed by atoms with Crippen molar-refractivity contribution in [2.75, 3.05) is 22.7 Å². The van der Waals surface area contributed by atoms with Gasteiger partial charge in [-0.15, -0.1) is 0 Å². The van der Waals surface area contributed by atoms with E-state index in [0.29, 0.717) is 29.0 Å². The first-order chi connectivity index (χ1) is 16.6. The lowest BCUT2D eigenvalue weighted by Gasteiger charge is -2.26. The molecule has 0 saturated heterocycles. The van der Waals surface area contributed by atoms with Gasteiger partial charge in [-0.25, -0.2) is 8.42 Å². The van der Waals surface area contributed by atoms with Crippen LogP contribution >= 0.6 is 0 Å². The zero-order valence-electron chi connectivity index (χ0n) is 20.4. The molecule has 0 atom stereocenters. The molecule has 2 amide bonds.